The summed E-state index contributed by atoms with van der Waals surface area (Å²) in [4.78, 5) is 14.6. The first-order chi connectivity index (χ1) is 7.17. The van der Waals surface area contributed by atoms with Crippen molar-refractivity contribution in [2.24, 2.45) is 0 Å². The first-order valence-electron chi connectivity index (χ1n) is 4.80. The van der Waals surface area contributed by atoms with E-state index < -0.39 is 0 Å². The van der Waals surface area contributed by atoms with Gasteiger partial charge < -0.3 is 4.74 Å². The lowest BCUT2D eigenvalue weighted by Gasteiger charge is -2.05. The molecule has 78 valence electrons. The Morgan fingerprint density at radius 3 is 2.80 bits per heavy atom. The molecule has 0 aliphatic heterocycles. The third kappa shape index (κ3) is 3.10. The highest BCUT2D eigenvalue weighted by atomic mass is 16.5. The summed E-state index contributed by atoms with van der Waals surface area (Å²) in [6.45, 7) is 10.9. The monoisotopic (exact) mass is 203 g/mol. The molecule has 0 spiro atoms. The van der Waals surface area contributed by atoms with Crippen LogP contribution in [0.5, 0.6) is 0 Å². The van der Waals surface area contributed by atoms with Gasteiger partial charge in [-0.05, 0) is 19.4 Å². The molecule has 0 saturated carbocycles. The van der Waals surface area contributed by atoms with Crippen LogP contribution in [0.25, 0.3) is 4.85 Å². The van der Waals surface area contributed by atoms with Gasteiger partial charge in [-0.25, -0.2) is 4.85 Å². The van der Waals surface area contributed by atoms with Crippen molar-refractivity contribution in [3.05, 3.63) is 40.7 Å². The minimum Gasteiger partial charge on any atom is -0.466 e. The molecular weight excluding hydrogens is 190 g/mol. The summed E-state index contributed by atoms with van der Waals surface area (Å²) >= 11 is 0. The van der Waals surface area contributed by atoms with Crippen LogP contribution in [0.3, 0.4) is 0 Å². The number of ether oxygens (including phenoxy) is 1. The summed E-state index contributed by atoms with van der Waals surface area (Å²) in [5.41, 5.74) is 2.47. The second kappa shape index (κ2) is 5.16. The van der Waals surface area contributed by atoms with Crippen LogP contribution in [0.15, 0.2) is 18.2 Å². The van der Waals surface area contributed by atoms with Gasteiger partial charge in [-0.1, -0.05) is 23.8 Å². The standard InChI is InChI=1S/C12H13NO2/c1-4-15-12(14)8-10-5-6-11(13-3)7-9(10)2/h5-7H,4,8H2,1-2H3. The number of benzene rings is 1. The topological polar surface area (TPSA) is 30.7 Å². The van der Waals surface area contributed by atoms with Crippen LogP contribution in [0.1, 0.15) is 18.1 Å². The number of carbonyl (C=O) groups is 1. The highest BCUT2D eigenvalue weighted by molar-refractivity contribution is 5.73. The lowest BCUT2D eigenvalue weighted by Crippen LogP contribution is -2.08. The highest BCUT2D eigenvalue weighted by Crippen LogP contribution is 2.18. The molecule has 3 nitrogen and oxygen atoms in total. The third-order valence-electron chi connectivity index (χ3n) is 2.10. The van der Waals surface area contributed by atoms with Crippen molar-refractivity contribution < 1.29 is 9.53 Å². The maximum atomic E-state index is 11.2. The number of carbonyl (C=O) groups excluding carboxylic acids is 1. The van der Waals surface area contributed by atoms with Gasteiger partial charge in [-0.2, -0.15) is 0 Å². The normalized spacial score (nSPS) is 9.40. The van der Waals surface area contributed by atoms with E-state index in [1.54, 1.807) is 25.1 Å². The van der Waals surface area contributed by atoms with Crippen molar-refractivity contribution in [3.8, 4) is 0 Å². The van der Waals surface area contributed by atoms with E-state index in [0.29, 0.717) is 12.3 Å². The maximum absolute atomic E-state index is 11.2. The fourth-order valence-corrected chi connectivity index (χ4v) is 1.32. The Hall–Kier alpha value is -1.82. The molecule has 0 aliphatic carbocycles. The Morgan fingerprint density at radius 2 is 2.27 bits per heavy atom. The van der Waals surface area contributed by atoms with Crippen LogP contribution in [0, 0.1) is 13.5 Å². The van der Waals surface area contributed by atoms with E-state index in [0.717, 1.165) is 11.1 Å². The molecule has 0 aliphatic rings. The minimum absolute atomic E-state index is 0.226. The molecule has 0 bridgehead atoms. The fraction of sp³-hybridized carbons (Fsp3) is 0.333. The number of aryl methyl sites for hydroxylation is 1. The molecule has 0 amide bonds. The van der Waals surface area contributed by atoms with Crippen molar-refractivity contribution in [1.29, 1.82) is 0 Å². The van der Waals surface area contributed by atoms with Crippen molar-refractivity contribution in [2.75, 3.05) is 6.61 Å². The zero-order valence-corrected chi connectivity index (χ0v) is 8.91. The van der Waals surface area contributed by atoms with Gasteiger partial charge in [0.2, 0.25) is 0 Å². The van der Waals surface area contributed by atoms with E-state index in [9.17, 15) is 4.79 Å². The first kappa shape index (κ1) is 11.3. The second-order valence-electron chi connectivity index (χ2n) is 3.20. The van der Waals surface area contributed by atoms with Gasteiger partial charge in [0.25, 0.3) is 0 Å². The highest BCUT2D eigenvalue weighted by Gasteiger charge is 2.06. The lowest BCUT2D eigenvalue weighted by molar-refractivity contribution is -0.142. The van der Waals surface area contributed by atoms with Gasteiger partial charge in [0.1, 0.15) is 0 Å². The van der Waals surface area contributed by atoms with Crippen molar-refractivity contribution in [2.45, 2.75) is 20.3 Å². The van der Waals surface area contributed by atoms with Gasteiger partial charge in [0.15, 0.2) is 5.69 Å². The van der Waals surface area contributed by atoms with Gasteiger partial charge in [0.05, 0.1) is 19.6 Å². The molecule has 3 heteroatoms. The van der Waals surface area contributed by atoms with E-state index in [-0.39, 0.29) is 12.4 Å². The largest absolute Gasteiger partial charge is 0.466 e. The maximum Gasteiger partial charge on any atom is 0.310 e. The molecule has 0 atom stereocenters. The zero-order valence-electron chi connectivity index (χ0n) is 8.91. The molecule has 1 aromatic carbocycles. The number of rotatable bonds is 3. The van der Waals surface area contributed by atoms with E-state index in [1.807, 2.05) is 6.92 Å². The summed E-state index contributed by atoms with van der Waals surface area (Å²) < 4.78 is 4.86. The fourth-order valence-electron chi connectivity index (χ4n) is 1.32. The Labute approximate surface area is 89.5 Å². The summed E-state index contributed by atoms with van der Waals surface area (Å²) in [6.07, 6.45) is 0.276. The number of nitrogens with zero attached hydrogens (tertiary/aromatic N) is 1. The Morgan fingerprint density at radius 1 is 1.53 bits per heavy atom. The summed E-state index contributed by atoms with van der Waals surface area (Å²) in [5.74, 6) is -0.226. The van der Waals surface area contributed by atoms with Crippen LogP contribution in [0.2, 0.25) is 0 Å². The number of hydrogen-bond acceptors (Lipinski definition) is 2. The molecule has 0 saturated heterocycles. The molecule has 0 fully saturated rings. The number of esters is 1. The number of hydrogen-bond donors (Lipinski definition) is 0. The molecule has 0 aromatic heterocycles. The lowest BCUT2D eigenvalue weighted by atomic mass is 10.1. The molecule has 1 aromatic rings. The zero-order chi connectivity index (χ0) is 11.3. The smallest absolute Gasteiger partial charge is 0.310 e. The molecular formula is C12H13NO2. The van der Waals surface area contributed by atoms with Crippen LogP contribution < -0.4 is 0 Å². The van der Waals surface area contributed by atoms with Crippen LogP contribution in [0.4, 0.5) is 5.69 Å². The Bertz CT molecular complexity index is 405. The van der Waals surface area contributed by atoms with E-state index >= 15 is 0 Å². The summed E-state index contributed by atoms with van der Waals surface area (Å²) in [6, 6.07) is 5.30. The Balaban J connectivity index is 2.79. The average Bonchev–Trinajstić information content (AvgIpc) is 2.21. The second-order valence-corrected chi connectivity index (χ2v) is 3.20. The van der Waals surface area contributed by atoms with Crippen molar-refractivity contribution >= 4 is 11.7 Å². The predicted octanol–water partition coefficient (Wildman–Crippen LogP) is 2.65. The summed E-state index contributed by atoms with van der Waals surface area (Å²) in [5, 5.41) is 0. The molecule has 15 heavy (non-hydrogen) atoms. The van der Waals surface area contributed by atoms with Gasteiger partial charge >= 0.3 is 5.97 Å². The van der Waals surface area contributed by atoms with E-state index in [2.05, 4.69) is 4.85 Å². The van der Waals surface area contributed by atoms with Crippen LogP contribution in [-0.4, -0.2) is 12.6 Å². The van der Waals surface area contributed by atoms with Crippen molar-refractivity contribution in [1.82, 2.24) is 0 Å². The van der Waals surface area contributed by atoms with E-state index in [4.69, 9.17) is 11.3 Å². The van der Waals surface area contributed by atoms with Gasteiger partial charge in [-0.3, -0.25) is 4.79 Å². The quantitative estimate of drug-likeness (QED) is 0.558. The average molecular weight is 203 g/mol. The van der Waals surface area contributed by atoms with Gasteiger partial charge in [-0.15, -0.1) is 0 Å². The van der Waals surface area contributed by atoms with Crippen molar-refractivity contribution in [3.63, 3.8) is 0 Å². The van der Waals surface area contributed by atoms with E-state index in [1.165, 1.54) is 0 Å². The molecule has 1 rings (SSSR count). The van der Waals surface area contributed by atoms with Crippen LogP contribution in [-0.2, 0) is 16.0 Å². The summed E-state index contributed by atoms with van der Waals surface area (Å²) in [7, 11) is 0. The van der Waals surface area contributed by atoms with Gasteiger partial charge in [0, 0.05) is 0 Å². The molecule has 0 unspecified atom stereocenters. The molecule has 0 heterocycles. The molecule has 0 radical (unpaired) electrons. The predicted molar refractivity (Wildman–Crippen MR) is 57.8 cm³/mol. The van der Waals surface area contributed by atoms with Crippen LogP contribution >= 0.6 is 0 Å². The Kier molecular flexibility index (Phi) is 3.87. The molecule has 0 N–H and O–H groups in total. The third-order valence-corrected chi connectivity index (χ3v) is 2.10. The minimum atomic E-state index is -0.226. The first-order valence-corrected chi connectivity index (χ1v) is 4.80. The SMILES string of the molecule is [C-]#[N+]c1ccc(CC(=O)OCC)c(C)c1.